The van der Waals surface area contributed by atoms with E-state index < -0.39 is 11.9 Å². The first-order valence-corrected chi connectivity index (χ1v) is 10.2. The molecule has 0 radical (unpaired) electrons. The maximum atomic E-state index is 12.5. The first-order valence-electron chi connectivity index (χ1n) is 9.08. The molecular formula is C23H19IO6. The van der Waals surface area contributed by atoms with Crippen molar-refractivity contribution in [2.75, 3.05) is 20.3 Å². The summed E-state index contributed by atoms with van der Waals surface area (Å²) in [5.74, 6) is 0.302. The standard InChI is InChI=1S/C23H19IO6/c1-27-21-12-11-16(15-19(21)24)22(25)30-20-10-6-5-9-18(20)23(26)29-14-13-28-17-7-3-2-4-8-17/h2-12,15H,13-14H2,1H3. The summed E-state index contributed by atoms with van der Waals surface area (Å²) >= 11 is 2.07. The third-order valence-corrected chi connectivity index (χ3v) is 4.87. The second kappa shape index (κ2) is 10.6. The number of ether oxygens (including phenoxy) is 4. The Labute approximate surface area is 187 Å². The summed E-state index contributed by atoms with van der Waals surface area (Å²) in [6, 6.07) is 20.6. The number of benzene rings is 3. The average Bonchev–Trinajstić information content (AvgIpc) is 2.77. The van der Waals surface area contributed by atoms with Crippen LogP contribution in [0.4, 0.5) is 0 Å². The molecule has 0 N–H and O–H groups in total. The van der Waals surface area contributed by atoms with Gasteiger partial charge in [0.05, 0.1) is 16.2 Å². The molecule has 0 saturated carbocycles. The van der Waals surface area contributed by atoms with Crippen molar-refractivity contribution >= 4 is 34.5 Å². The summed E-state index contributed by atoms with van der Waals surface area (Å²) in [6.45, 7) is 0.272. The van der Waals surface area contributed by atoms with Crippen LogP contribution in [0.1, 0.15) is 20.7 Å². The topological polar surface area (TPSA) is 71.1 Å². The highest BCUT2D eigenvalue weighted by Gasteiger charge is 2.18. The molecule has 0 fully saturated rings. The van der Waals surface area contributed by atoms with Crippen molar-refractivity contribution in [1.29, 1.82) is 0 Å². The Morgan fingerprint density at radius 1 is 0.833 bits per heavy atom. The molecule has 3 aromatic carbocycles. The first kappa shape index (κ1) is 21.6. The Morgan fingerprint density at radius 3 is 2.30 bits per heavy atom. The SMILES string of the molecule is COc1ccc(C(=O)Oc2ccccc2C(=O)OCCOc2ccccc2)cc1I. The highest BCUT2D eigenvalue weighted by Crippen LogP contribution is 2.24. The smallest absolute Gasteiger partial charge is 0.343 e. The molecule has 0 aliphatic rings. The van der Waals surface area contributed by atoms with E-state index in [4.69, 9.17) is 18.9 Å². The van der Waals surface area contributed by atoms with E-state index in [0.717, 1.165) is 3.57 Å². The van der Waals surface area contributed by atoms with E-state index in [1.165, 1.54) is 0 Å². The molecule has 7 heteroatoms. The van der Waals surface area contributed by atoms with Crippen molar-refractivity contribution in [3.63, 3.8) is 0 Å². The van der Waals surface area contributed by atoms with Gasteiger partial charge in [-0.2, -0.15) is 0 Å². The number of halogens is 1. The minimum absolute atomic E-state index is 0.0622. The molecule has 0 saturated heterocycles. The van der Waals surface area contributed by atoms with Gasteiger partial charge in [-0.3, -0.25) is 0 Å². The maximum Gasteiger partial charge on any atom is 0.343 e. The minimum atomic E-state index is -0.598. The molecular weight excluding hydrogens is 499 g/mol. The predicted molar refractivity (Wildman–Crippen MR) is 119 cm³/mol. The zero-order chi connectivity index (χ0) is 21.3. The van der Waals surface area contributed by atoms with Gasteiger partial charge in [0, 0.05) is 0 Å². The molecule has 3 aromatic rings. The van der Waals surface area contributed by atoms with Gasteiger partial charge in [-0.1, -0.05) is 30.3 Å². The Bertz CT molecular complexity index is 1020. The summed E-state index contributed by atoms with van der Waals surface area (Å²) in [6.07, 6.45) is 0. The highest BCUT2D eigenvalue weighted by molar-refractivity contribution is 14.1. The lowest BCUT2D eigenvalue weighted by Crippen LogP contribution is -2.15. The number of rotatable bonds is 8. The van der Waals surface area contributed by atoms with Gasteiger partial charge in [0.15, 0.2) is 0 Å². The Hall–Kier alpha value is -3.07. The zero-order valence-electron chi connectivity index (χ0n) is 16.2. The summed E-state index contributed by atoms with van der Waals surface area (Å²) in [5, 5.41) is 0. The van der Waals surface area contributed by atoms with Crippen LogP contribution in [0.25, 0.3) is 0 Å². The van der Waals surface area contributed by atoms with Gasteiger partial charge >= 0.3 is 11.9 Å². The molecule has 0 amide bonds. The van der Waals surface area contributed by atoms with E-state index in [0.29, 0.717) is 17.1 Å². The summed E-state index contributed by atoms with van der Waals surface area (Å²) in [4.78, 5) is 25.0. The molecule has 0 spiro atoms. The number of para-hydroxylation sites is 2. The zero-order valence-corrected chi connectivity index (χ0v) is 18.3. The van der Waals surface area contributed by atoms with Gasteiger partial charge in [-0.25, -0.2) is 9.59 Å². The molecule has 0 aliphatic heterocycles. The van der Waals surface area contributed by atoms with Crippen LogP contribution < -0.4 is 14.2 Å². The van der Waals surface area contributed by atoms with Gasteiger partial charge in [-0.05, 0) is 65.1 Å². The lowest BCUT2D eigenvalue weighted by atomic mass is 10.2. The normalized spacial score (nSPS) is 10.2. The van der Waals surface area contributed by atoms with Gasteiger partial charge < -0.3 is 18.9 Å². The molecule has 0 aromatic heterocycles. The average molecular weight is 518 g/mol. The van der Waals surface area contributed by atoms with E-state index in [1.54, 1.807) is 49.6 Å². The van der Waals surface area contributed by atoms with Crippen molar-refractivity contribution < 1.29 is 28.5 Å². The highest BCUT2D eigenvalue weighted by atomic mass is 127. The van der Waals surface area contributed by atoms with Crippen LogP contribution in [0.15, 0.2) is 72.8 Å². The summed E-state index contributed by atoms with van der Waals surface area (Å²) in [5.41, 5.74) is 0.508. The summed E-state index contributed by atoms with van der Waals surface area (Å²) < 4.78 is 22.2. The first-order chi connectivity index (χ1) is 14.6. The molecule has 0 aliphatic carbocycles. The molecule has 0 heterocycles. The Morgan fingerprint density at radius 2 is 1.57 bits per heavy atom. The van der Waals surface area contributed by atoms with Crippen LogP contribution >= 0.6 is 22.6 Å². The van der Waals surface area contributed by atoms with Gasteiger partial charge in [0.1, 0.15) is 36.0 Å². The molecule has 3 rings (SSSR count). The van der Waals surface area contributed by atoms with Crippen LogP contribution in [0.3, 0.4) is 0 Å². The fourth-order valence-corrected chi connectivity index (χ4v) is 3.30. The van der Waals surface area contributed by atoms with Crippen molar-refractivity contribution in [3.8, 4) is 17.2 Å². The molecule has 0 unspecified atom stereocenters. The lowest BCUT2D eigenvalue weighted by molar-refractivity contribution is 0.0445. The molecule has 30 heavy (non-hydrogen) atoms. The van der Waals surface area contributed by atoms with E-state index in [2.05, 4.69) is 22.6 Å². The third kappa shape index (κ3) is 5.73. The summed E-state index contributed by atoms with van der Waals surface area (Å²) in [7, 11) is 1.56. The number of methoxy groups -OCH3 is 1. The Kier molecular flexibility index (Phi) is 7.67. The maximum absolute atomic E-state index is 12.5. The minimum Gasteiger partial charge on any atom is -0.496 e. The Balaban J connectivity index is 1.61. The number of carbonyl (C=O) groups is 2. The lowest BCUT2D eigenvalue weighted by Gasteiger charge is -2.11. The molecule has 154 valence electrons. The monoisotopic (exact) mass is 518 g/mol. The molecule has 6 nitrogen and oxygen atoms in total. The van der Waals surface area contributed by atoms with E-state index in [1.807, 2.05) is 30.3 Å². The van der Waals surface area contributed by atoms with E-state index in [9.17, 15) is 9.59 Å². The fourth-order valence-electron chi connectivity index (χ4n) is 2.56. The van der Waals surface area contributed by atoms with E-state index >= 15 is 0 Å². The molecule has 0 atom stereocenters. The largest absolute Gasteiger partial charge is 0.496 e. The van der Waals surface area contributed by atoms with Crippen molar-refractivity contribution in [2.45, 2.75) is 0 Å². The molecule has 0 bridgehead atoms. The van der Waals surface area contributed by atoms with E-state index in [-0.39, 0.29) is 24.5 Å². The second-order valence-corrected chi connectivity index (χ2v) is 7.19. The van der Waals surface area contributed by atoms with Crippen LogP contribution in [-0.4, -0.2) is 32.3 Å². The number of hydrogen-bond donors (Lipinski definition) is 0. The van der Waals surface area contributed by atoms with Crippen LogP contribution in [0.2, 0.25) is 0 Å². The quantitative estimate of drug-likeness (QED) is 0.186. The number of esters is 2. The van der Waals surface area contributed by atoms with Crippen molar-refractivity contribution in [2.24, 2.45) is 0 Å². The predicted octanol–water partition coefficient (Wildman–Crippen LogP) is 4.75. The number of carbonyl (C=O) groups excluding carboxylic acids is 2. The third-order valence-electron chi connectivity index (χ3n) is 4.03. The second-order valence-electron chi connectivity index (χ2n) is 6.03. The van der Waals surface area contributed by atoms with Crippen LogP contribution in [0, 0.1) is 3.57 Å². The van der Waals surface area contributed by atoms with Gasteiger partial charge in [-0.15, -0.1) is 0 Å². The van der Waals surface area contributed by atoms with Crippen molar-refractivity contribution in [1.82, 2.24) is 0 Å². The number of hydrogen-bond acceptors (Lipinski definition) is 6. The van der Waals surface area contributed by atoms with Gasteiger partial charge in [0.25, 0.3) is 0 Å². The van der Waals surface area contributed by atoms with Crippen LogP contribution in [0.5, 0.6) is 17.2 Å². The van der Waals surface area contributed by atoms with Crippen LogP contribution in [-0.2, 0) is 4.74 Å². The van der Waals surface area contributed by atoms with Crippen molar-refractivity contribution in [3.05, 3.63) is 87.5 Å². The fraction of sp³-hybridized carbons (Fsp3) is 0.130. The van der Waals surface area contributed by atoms with Gasteiger partial charge in [0.2, 0.25) is 0 Å².